The third-order valence-corrected chi connectivity index (χ3v) is 4.88. The number of nitrogens with zero attached hydrogens (tertiary/aromatic N) is 2. The van der Waals surface area contributed by atoms with Crippen molar-refractivity contribution in [3.8, 4) is 22.5 Å². The zero-order chi connectivity index (χ0) is 18.3. The maximum atomic E-state index is 11.4. The van der Waals surface area contributed by atoms with Gasteiger partial charge in [0, 0.05) is 26.8 Å². The second kappa shape index (κ2) is 6.59. The van der Waals surface area contributed by atoms with E-state index in [0.717, 1.165) is 27.0 Å². The molecule has 2 heterocycles. The summed E-state index contributed by atoms with van der Waals surface area (Å²) in [5, 5.41) is 9.98. The highest BCUT2D eigenvalue weighted by atomic mass is 79.9. The number of hydrogen-bond acceptors (Lipinski definition) is 2. The van der Waals surface area contributed by atoms with E-state index in [1.54, 1.807) is 18.3 Å². The molecule has 0 saturated heterocycles. The fourth-order valence-corrected chi connectivity index (χ4v) is 3.25. The van der Waals surface area contributed by atoms with Gasteiger partial charge < -0.3 is 5.11 Å². The number of halogens is 2. The molecule has 0 atom stereocenters. The van der Waals surface area contributed by atoms with E-state index in [1.807, 2.05) is 52.9 Å². The summed E-state index contributed by atoms with van der Waals surface area (Å²) in [7, 11) is 0. The van der Waals surface area contributed by atoms with Gasteiger partial charge in [-0.3, -0.25) is 4.40 Å². The van der Waals surface area contributed by atoms with Gasteiger partial charge in [-0.05, 0) is 36.4 Å². The Morgan fingerprint density at radius 1 is 0.962 bits per heavy atom. The standard InChI is InChI=1S/C20H12BrClN2O2/c21-15-6-1-12(2-7-15)18-19(13-3-8-16(22)9-4-13)24-11-14(20(25)26)5-10-17(24)23-18/h1-11H,(H,25,26). The van der Waals surface area contributed by atoms with Gasteiger partial charge in [0.25, 0.3) is 0 Å². The number of pyridine rings is 1. The molecule has 0 radical (unpaired) electrons. The number of carboxylic acid groups (broad SMARTS) is 1. The zero-order valence-corrected chi connectivity index (χ0v) is 15.7. The van der Waals surface area contributed by atoms with Crippen LogP contribution in [0.4, 0.5) is 0 Å². The molecule has 6 heteroatoms. The van der Waals surface area contributed by atoms with Gasteiger partial charge in [0.1, 0.15) is 5.65 Å². The summed E-state index contributed by atoms with van der Waals surface area (Å²) in [6.45, 7) is 0. The van der Waals surface area contributed by atoms with Crippen LogP contribution in [-0.2, 0) is 0 Å². The fraction of sp³-hybridized carbons (Fsp3) is 0. The lowest BCUT2D eigenvalue weighted by Crippen LogP contribution is -1.99. The maximum absolute atomic E-state index is 11.4. The molecule has 1 N–H and O–H groups in total. The minimum Gasteiger partial charge on any atom is -0.478 e. The molecule has 128 valence electrons. The Kier molecular flexibility index (Phi) is 4.26. The average Bonchev–Trinajstić information content (AvgIpc) is 3.01. The van der Waals surface area contributed by atoms with E-state index < -0.39 is 5.97 Å². The summed E-state index contributed by atoms with van der Waals surface area (Å²) in [6, 6.07) is 18.6. The van der Waals surface area contributed by atoms with Crippen LogP contribution in [-0.4, -0.2) is 20.5 Å². The molecule has 4 nitrogen and oxygen atoms in total. The minimum atomic E-state index is -0.979. The Bertz CT molecular complexity index is 1120. The summed E-state index contributed by atoms with van der Waals surface area (Å²) in [4.78, 5) is 16.1. The molecule has 2 aromatic carbocycles. The molecule has 4 aromatic rings. The summed E-state index contributed by atoms with van der Waals surface area (Å²) < 4.78 is 2.79. The van der Waals surface area contributed by atoms with Gasteiger partial charge in [0.05, 0.1) is 17.0 Å². The van der Waals surface area contributed by atoms with E-state index in [1.165, 1.54) is 0 Å². The largest absolute Gasteiger partial charge is 0.478 e. The second-order valence-electron chi connectivity index (χ2n) is 5.77. The number of benzene rings is 2. The first kappa shape index (κ1) is 16.8. The van der Waals surface area contributed by atoms with Crippen LogP contribution in [0, 0.1) is 0 Å². The van der Waals surface area contributed by atoms with Crippen LogP contribution in [0.25, 0.3) is 28.2 Å². The van der Waals surface area contributed by atoms with E-state index in [-0.39, 0.29) is 5.56 Å². The fourth-order valence-electron chi connectivity index (χ4n) is 2.86. The molecule has 0 aliphatic carbocycles. The molecule has 0 bridgehead atoms. The van der Waals surface area contributed by atoms with E-state index in [2.05, 4.69) is 15.9 Å². The van der Waals surface area contributed by atoms with Crippen LogP contribution in [0.5, 0.6) is 0 Å². The number of fused-ring (bicyclic) bond motifs is 1. The highest BCUT2D eigenvalue weighted by Gasteiger charge is 2.17. The molecule has 26 heavy (non-hydrogen) atoms. The van der Waals surface area contributed by atoms with Crippen LogP contribution in [0.2, 0.25) is 5.02 Å². The van der Waals surface area contributed by atoms with Gasteiger partial charge in [-0.1, -0.05) is 51.8 Å². The molecule has 0 aliphatic heterocycles. The van der Waals surface area contributed by atoms with Crippen molar-refractivity contribution in [3.05, 3.63) is 81.9 Å². The summed E-state index contributed by atoms with van der Waals surface area (Å²) >= 11 is 9.47. The second-order valence-corrected chi connectivity index (χ2v) is 7.13. The molecule has 4 rings (SSSR count). The van der Waals surface area contributed by atoms with Gasteiger partial charge >= 0.3 is 5.97 Å². The molecule has 0 saturated carbocycles. The lowest BCUT2D eigenvalue weighted by molar-refractivity contribution is 0.0696. The van der Waals surface area contributed by atoms with Gasteiger partial charge in [0.15, 0.2) is 0 Å². The monoisotopic (exact) mass is 426 g/mol. The smallest absolute Gasteiger partial charge is 0.337 e. The van der Waals surface area contributed by atoms with Crippen molar-refractivity contribution in [1.29, 1.82) is 0 Å². The normalized spacial score (nSPS) is 11.0. The highest BCUT2D eigenvalue weighted by Crippen LogP contribution is 2.34. The van der Waals surface area contributed by atoms with Crippen molar-refractivity contribution in [1.82, 2.24) is 9.38 Å². The zero-order valence-electron chi connectivity index (χ0n) is 13.4. The van der Waals surface area contributed by atoms with Crippen LogP contribution in [0.1, 0.15) is 10.4 Å². The number of rotatable bonds is 3. The van der Waals surface area contributed by atoms with Crippen molar-refractivity contribution in [3.63, 3.8) is 0 Å². The van der Waals surface area contributed by atoms with Gasteiger partial charge in [0.2, 0.25) is 0 Å². The SMILES string of the molecule is O=C(O)c1ccc2nc(-c3ccc(Br)cc3)c(-c3ccc(Cl)cc3)n2c1. The first-order valence-electron chi connectivity index (χ1n) is 7.80. The number of imidazole rings is 1. The Morgan fingerprint density at radius 2 is 1.62 bits per heavy atom. The summed E-state index contributed by atoms with van der Waals surface area (Å²) in [5.74, 6) is -0.979. The lowest BCUT2D eigenvalue weighted by Gasteiger charge is -2.07. The summed E-state index contributed by atoms with van der Waals surface area (Å²) in [5.41, 5.74) is 4.33. The van der Waals surface area contributed by atoms with Gasteiger partial charge in [-0.2, -0.15) is 0 Å². The van der Waals surface area contributed by atoms with E-state index in [0.29, 0.717) is 10.7 Å². The van der Waals surface area contributed by atoms with E-state index in [4.69, 9.17) is 16.6 Å². The predicted octanol–water partition coefficient (Wildman–Crippen LogP) is 5.78. The highest BCUT2D eigenvalue weighted by molar-refractivity contribution is 9.10. The molecule has 0 amide bonds. The molecule has 0 spiro atoms. The van der Waals surface area contributed by atoms with Gasteiger partial charge in [-0.25, -0.2) is 9.78 Å². The third kappa shape index (κ3) is 3.00. The minimum absolute atomic E-state index is 0.201. The number of carbonyl (C=O) groups is 1. The molecular weight excluding hydrogens is 416 g/mol. The quantitative estimate of drug-likeness (QED) is 0.451. The van der Waals surface area contributed by atoms with Crippen LogP contribution >= 0.6 is 27.5 Å². The number of hydrogen-bond donors (Lipinski definition) is 1. The Labute approximate surface area is 162 Å². The third-order valence-electron chi connectivity index (χ3n) is 4.10. The Hall–Kier alpha value is -2.63. The van der Waals surface area contributed by atoms with Crippen molar-refractivity contribution < 1.29 is 9.90 Å². The van der Waals surface area contributed by atoms with Crippen LogP contribution in [0.15, 0.2) is 71.3 Å². The van der Waals surface area contributed by atoms with E-state index in [9.17, 15) is 9.90 Å². The molecule has 0 unspecified atom stereocenters. The average molecular weight is 428 g/mol. The maximum Gasteiger partial charge on any atom is 0.337 e. The molecule has 2 aromatic heterocycles. The molecule has 0 fully saturated rings. The number of carboxylic acids is 1. The topological polar surface area (TPSA) is 54.6 Å². The number of aromatic carboxylic acids is 1. The van der Waals surface area contributed by atoms with Crippen molar-refractivity contribution in [2.24, 2.45) is 0 Å². The van der Waals surface area contributed by atoms with Crippen molar-refractivity contribution in [2.45, 2.75) is 0 Å². The first-order valence-corrected chi connectivity index (χ1v) is 8.97. The predicted molar refractivity (Wildman–Crippen MR) is 106 cm³/mol. The number of aromatic nitrogens is 2. The van der Waals surface area contributed by atoms with Crippen LogP contribution in [0.3, 0.4) is 0 Å². The Morgan fingerprint density at radius 3 is 2.27 bits per heavy atom. The first-order chi connectivity index (χ1) is 12.5. The van der Waals surface area contributed by atoms with E-state index >= 15 is 0 Å². The van der Waals surface area contributed by atoms with Crippen molar-refractivity contribution >= 4 is 39.1 Å². The molecule has 0 aliphatic rings. The van der Waals surface area contributed by atoms with Gasteiger partial charge in [-0.15, -0.1) is 0 Å². The van der Waals surface area contributed by atoms with Crippen LogP contribution < -0.4 is 0 Å². The Balaban J connectivity index is 2.03. The van der Waals surface area contributed by atoms with Crippen molar-refractivity contribution in [2.75, 3.05) is 0 Å². The molecular formula is C20H12BrClN2O2. The lowest BCUT2D eigenvalue weighted by atomic mass is 10.0. The summed E-state index contributed by atoms with van der Waals surface area (Å²) in [6.07, 6.45) is 1.59.